The molecule has 8 heteroatoms. The number of hydrogen-bond acceptors (Lipinski definition) is 5. The van der Waals surface area contributed by atoms with E-state index < -0.39 is 16.0 Å². The average molecular weight is 354 g/mol. The number of hydrogen-bond donors (Lipinski definition) is 1. The fourth-order valence-electron chi connectivity index (χ4n) is 1.94. The Kier molecular flexibility index (Phi) is 7.44. The van der Waals surface area contributed by atoms with Crippen LogP contribution in [0.25, 0.3) is 0 Å². The van der Waals surface area contributed by atoms with Crippen molar-refractivity contribution in [3.05, 3.63) is 42.5 Å². The second-order valence-electron chi connectivity index (χ2n) is 4.95. The van der Waals surface area contributed by atoms with Crippen LogP contribution in [0, 0.1) is 0 Å². The predicted octanol–water partition coefficient (Wildman–Crippen LogP) is 1.32. The van der Waals surface area contributed by atoms with Crippen LogP contribution in [0.5, 0.6) is 0 Å². The lowest BCUT2D eigenvalue weighted by Gasteiger charge is -2.22. The Balaban J connectivity index is 2.87. The minimum absolute atomic E-state index is 0.000558. The number of carbonyl (C=O) groups is 2. The van der Waals surface area contributed by atoms with E-state index >= 15 is 0 Å². The number of ether oxygens (including phenoxy) is 1. The summed E-state index contributed by atoms with van der Waals surface area (Å²) in [5, 5.41) is 2.59. The second-order valence-corrected chi connectivity index (χ2v) is 6.85. The van der Waals surface area contributed by atoms with Crippen LogP contribution in [-0.4, -0.2) is 46.2 Å². The number of nitrogens with one attached hydrogen (secondary N) is 1. The lowest BCUT2D eigenvalue weighted by molar-refractivity contribution is -0.120. The third-order valence-corrected chi connectivity index (χ3v) is 4.25. The van der Waals surface area contributed by atoms with E-state index in [-0.39, 0.29) is 25.5 Å². The third kappa shape index (κ3) is 6.04. The molecule has 0 spiro atoms. The fourth-order valence-corrected chi connectivity index (χ4v) is 2.87. The first-order valence-corrected chi connectivity index (χ1v) is 9.27. The molecule has 1 aromatic carbocycles. The van der Waals surface area contributed by atoms with Gasteiger partial charge in [-0.2, -0.15) is 0 Å². The Morgan fingerprint density at radius 1 is 1.29 bits per heavy atom. The zero-order valence-corrected chi connectivity index (χ0v) is 14.6. The van der Waals surface area contributed by atoms with Gasteiger partial charge in [0.15, 0.2) is 0 Å². The first kappa shape index (κ1) is 19.7. The van der Waals surface area contributed by atoms with Gasteiger partial charge in [-0.3, -0.25) is 9.10 Å². The van der Waals surface area contributed by atoms with Crippen molar-refractivity contribution >= 4 is 27.6 Å². The summed E-state index contributed by atoms with van der Waals surface area (Å²) in [4.78, 5) is 23.3. The Morgan fingerprint density at radius 3 is 2.42 bits per heavy atom. The van der Waals surface area contributed by atoms with Crippen molar-refractivity contribution in [1.29, 1.82) is 0 Å². The highest BCUT2D eigenvalue weighted by molar-refractivity contribution is 7.92. The molecule has 0 heterocycles. The average Bonchev–Trinajstić information content (AvgIpc) is 2.52. The van der Waals surface area contributed by atoms with Crippen molar-refractivity contribution < 1.29 is 22.7 Å². The molecule has 24 heavy (non-hydrogen) atoms. The van der Waals surface area contributed by atoms with E-state index in [2.05, 4.69) is 11.9 Å². The summed E-state index contributed by atoms with van der Waals surface area (Å²) in [5.74, 6) is -0.745. The summed E-state index contributed by atoms with van der Waals surface area (Å²) in [7, 11) is -3.56. The van der Waals surface area contributed by atoms with Gasteiger partial charge in [-0.05, 0) is 31.2 Å². The largest absolute Gasteiger partial charge is 0.462 e. The Bertz CT molecular complexity index is 683. The maximum absolute atomic E-state index is 12.0. The first-order valence-electron chi connectivity index (χ1n) is 7.42. The topological polar surface area (TPSA) is 92.8 Å². The molecule has 1 amide bonds. The first-order chi connectivity index (χ1) is 11.3. The third-order valence-electron chi connectivity index (χ3n) is 3.05. The van der Waals surface area contributed by atoms with Crippen LogP contribution in [-0.2, 0) is 19.6 Å². The van der Waals surface area contributed by atoms with Gasteiger partial charge in [0.2, 0.25) is 15.9 Å². The van der Waals surface area contributed by atoms with E-state index in [0.717, 1.165) is 10.6 Å². The van der Waals surface area contributed by atoms with Crippen molar-refractivity contribution in [2.75, 3.05) is 30.3 Å². The van der Waals surface area contributed by atoms with Crippen molar-refractivity contribution in [3.63, 3.8) is 0 Å². The maximum atomic E-state index is 12.0. The Morgan fingerprint density at radius 2 is 1.92 bits per heavy atom. The SMILES string of the molecule is C=CCNC(=O)CCN(c1ccc(C(=O)OCC)cc1)S(C)(=O)=O. The maximum Gasteiger partial charge on any atom is 0.338 e. The molecule has 0 aliphatic rings. The number of anilines is 1. The second kappa shape index (κ2) is 9.07. The summed E-state index contributed by atoms with van der Waals surface area (Å²) in [6, 6.07) is 6.00. The fraction of sp³-hybridized carbons (Fsp3) is 0.375. The molecule has 1 N–H and O–H groups in total. The summed E-state index contributed by atoms with van der Waals surface area (Å²) in [6.07, 6.45) is 2.62. The lowest BCUT2D eigenvalue weighted by atomic mass is 10.2. The van der Waals surface area contributed by atoms with Gasteiger partial charge in [0, 0.05) is 19.5 Å². The number of carbonyl (C=O) groups excluding carboxylic acids is 2. The van der Waals surface area contributed by atoms with Gasteiger partial charge in [0.1, 0.15) is 0 Å². The monoisotopic (exact) mass is 354 g/mol. The smallest absolute Gasteiger partial charge is 0.338 e. The van der Waals surface area contributed by atoms with E-state index in [9.17, 15) is 18.0 Å². The molecular weight excluding hydrogens is 332 g/mol. The zero-order chi connectivity index (χ0) is 18.2. The molecule has 132 valence electrons. The van der Waals surface area contributed by atoms with E-state index in [0.29, 0.717) is 17.8 Å². The number of sulfonamides is 1. The molecule has 0 saturated carbocycles. The summed E-state index contributed by atoms with van der Waals surface area (Å²) < 4.78 is 29.9. The van der Waals surface area contributed by atoms with E-state index in [1.54, 1.807) is 13.0 Å². The van der Waals surface area contributed by atoms with Gasteiger partial charge in [0.25, 0.3) is 0 Å². The van der Waals surface area contributed by atoms with Gasteiger partial charge < -0.3 is 10.1 Å². The van der Waals surface area contributed by atoms with E-state index in [1.807, 2.05) is 0 Å². The predicted molar refractivity (Wildman–Crippen MR) is 92.4 cm³/mol. The number of esters is 1. The molecule has 0 atom stereocenters. The van der Waals surface area contributed by atoms with Crippen molar-refractivity contribution in [2.24, 2.45) is 0 Å². The van der Waals surface area contributed by atoms with Crippen LogP contribution in [0.4, 0.5) is 5.69 Å². The molecule has 0 unspecified atom stereocenters. The minimum atomic E-state index is -3.56. The summed E-state index contributed by atoms with van der Waals surface area (Å²) >= 11 is 0. The molecule has 7 nitrogen and oxygen atoms in total. The number of benzene rings is 1. The number of rotatable bonds is 9. The van der Waals surface area contributed by atoms with Crippen LogP contribution in [0.2, 0.25) is 0 Å². The highest BCUT2D eigenvalue weighted by Crippen LogP contribution is 2.19. The van der Waals surface area contributed by atoms with Crippen LogP contribution >= 0.6 is 0 Å². The van der Waals surface area contributed by atoms with Crippen LogP contribution in [0.15, 0.2) is 36.9 Å². The quantitative estimate of drug-likeness (QED) is 0.533. The van der Waals surface area contributed by atoms with Gasteiger partial charge in [0.05, 0.1) is 24.1 Å². The standard InChI is InChI=1S/C16H22N2O5S/c1-4-11-17-15(19)10-12-18(24(3,21)22)14-8-6-13(7-9-14)16(20)23-5-2/h4,6-9H,1,5,10-12H2,2-3H3,(H,17,19). The van der Waals surface area contributed by atoms with E-state index in [1.165, 1.54) is 24.3 Å². The highest BCUT2D eigenvalue weighted by atomic mass is 32.2. The van der Waals surface area contributed by atoms with Crippen LogP contribution < -0.4 is 9.62 Å². The molecule has 1 aromatic rings. The molecular formula is C16H22N2O5S. The molecule has 0 saturated heterocycles. The van der Waals surface area contributed by atoms with Crippen molar-refractivity contribution in [3.8, 4) is 0 Å². The zero-order valence-electron chi connectivity index (χ0n) is 13.8. The summed E-state index contributed by atoms with van der Waals surface area (Å²) in [5.41, 5.74) is 0.708. The van der Waals surface area contributed by atoms with Crippen molar-refractivity contribution in [1.82, 2.24) is 5.32 Å². The van der Waals surface area contributed by atoms with Crippen LogP contribution in [0.3, 0.4) is 0 Å². The van der Waals surface area contributed by atoms with Crippen LogP contribution in [0.1, 0.15) is 23.7 Å². The molecule has 0 radical (unpaired) electrons. The molecule has 0 aliphatic heterocycles. The molecule has 0 aliphatic carbocycles. The van der Waals surface area contributed by atoms with E-state index in [4.69, 9.17) is 4.74 Å². The van der Waals surface area contributed by atoms with Gasteiger partial charge in [-0.1, -0.05) is 6.08 Å². The van der Waals surface area contributed by atoms with Gasteiger partial charge in [-0.25, -0.2) is 13.2 Å². The number of nitrogens with zero attached hydrogens (tertiary/aromatic N) is 1. The highest BCUT2D eigenvalue weighted by Gasteiger charge is 2.19. The minimum Gasteiger partial charge on any atom is -0.462 e. The van der Waals surface area contributed by atoms with Gasteiger partial charge in [-0.15, -0.1) is 6.58 Å². The lowest BCUT2D eigenvalue weighted by Crippen LogP contribution is -2.34. The Labute approximate surface area is 142 Å². The normalized spacial score (nSPS) is 10.8. The summed E-state index contributed by atoms with van der Waals surface area (Å²) in [6.45, 7) is 5.78. The molecule has 1 rings (SSSR count). The number of amides is 1. The molecule has 0 aromatic heterocycles. The molecule has 0 bridgehead atoms. The van der Waals surface area contributed by atoms with Gasteiger partial charge >= 0.3 is 5.97 Å². The van der Waals surface area contributed by atoms with Crippen molar-refractivity contribution in [2.45, 2.75) is 13.3 Å². The molecule has 0 fully saturated rings. The Hall–Kier alpha value is -2.35.